The minimum atomic E-state index is -0.494. The minimum absolute atomic E-state index is 0.134. The number of alkyl carbamates (subject to hydrolysis) is 1. The van der Waals surface area contributed by atoms with Crippen molar-refractivity contribution in [1.29, 1.82) is 0 Å². The lowest BCUT2D eigenvalue weighted by Gasteiger charge is -2.32. The Morgan fingerprint density at radius 2 is 1.70 bits per heavy atom. The molecule has 0 unspecified atom stereocenters. The summed E-state index contributed by atoms with van der Waals surface area (Å²) in [4.78, 5) is 28.9. The van der Waals surface area contributed by atoms with Crippen LogP contribution in [0.5, 0.6) is 0 Å². The number of fused-ring (bicyclic) bond motifs is 1. The van der Waals surface area contributed by atoms with E-state index in [1.807, 2.05) is 63.2 Å². The molecule has 1 aliphatic heterocycles. The molecule has 43 heavy (non-hydrogen) atoms. The highest BCUT2D eigenvalue weighted by molar-refractivity contribution is 5.84. The normalized spacial score (nSPS) is 14.6. The molecule has 9 nitrogen and oxygen atoms in total. The largest absolute Gasteiger partial charge is 0.444 e. The van der Waals surface area contributed by atoms with E-state index in [1.165, 1.54) is 5.56 Å². The summed E-state index contributed by atoms with van der Waals surface area (Å²) in [6.45, 7) is 8.29. The van der Waals surface area contributed by atoms with Gasteiger partial charge in [-0.3, -0.25) is 9.47 Å². The second kappa shape index (κ2) is 11.9. The van der Waals surface area contributed by atoms with Crippen LogP contribution in [0.15, 0.2) is 85.1 Å². The number of carbonyl (C=O) groups is 1. The monoisotopic (exact) mass is 575 g/mol. The van der Waals surface area contributed by atoms with E-state index >= 15 is 0 Å². The molecule has 1 amide bonds. The lowest BCUT2D eigenvalue weighted by molar-refractivity contribution is 0.0477. The third kappa shape index (κ3) is 6.52. The topological polar surface area (TPSA) is 111 Å². The van der Waals surface area contributed by atoms with Crippen LogP contribution in [0.4, 0.5) is 10.6 Å². The molecular formula is C34H37N7O2. The first-order valence-electron chi connectivity index (χ1n) is 14.7. The number of rotatable bonds is 6. The quantitative estimate of drug-likeness (QED) is 0.247. The van der Waals surface area contributed by atoms with E-state index in [1.54, 1.807) is 6.20 Å². The Balaban J connectivity index is 1.23. The van der Waals surface area contributed by atoms with Crippen LogP contribution in [-0.4, -0.2) is 55.2 Å². The first kappa shape index (κ1) is 28.4. The summed E-state index contributed by atoms with van der Waals surface area (Å²) in [6.07, 6.45) is 3.13. The lowest BCUT2D eigenvalue weighted by atomic mass is 10.0. The van der Waals surface area contributed by atoms with Crippen LogP contribution in [0.3, 0.4) is 0 Å². The van der Waals surface area contributed by atoms with Crippen LogP contribution in [0, 0.1) is 0 Å². The van der Waals surface area contributed by atoms with E-state index in [0.717, 1.165) is 66.1 Å². The van der Waals surface area contributed by atoms with Crippen molar-refractivity contribution in [3.8, 4) is 28.3 Å². The molecule has 0 radical (unpaired) electrons. The molecule has 4 heterocycles. The molecule has 5 aromatic rings. The second-order valence-electron chi connectivity index (χ2n) is 12.0. The molecule has 0 aliphatic carbocycles. The highest BCUT2D eigenvalue weighted by Gasteiger charge is 2.24. The number of hydrogen-bond donors (Lipinski definition) is 2. The molecule has 1 aliphatic rings. The van der Waals surface area contributed by atoms with E-state index in [-0.39, 0.29) is 12.1 Å². The Hall–Kier alpha value is -4.76. The molecule has 3 aromatic heterocycles. The molecule has 9 heteroatoms. The number of pyridine rings is 2. The van der Waals surface area contributed by atoms with Crippen molar-refractivity contribution in [2.45, 2.75) is 51.8 Å². The number of nitrogens with zero attached hydrogens (tertiary/aromatic N) is 5. The van der Waals surface area contributed by atoms with Crippen molar-refractivity contribution in [3.63, 3.8) is 0 Å². The summed E-state index contributed by atoms with van der Waals surface area (Å²) in [7, 11) is 0. The maximum Gasteiger partial charge on any atom is 0.407 e. The van der Waals surface area contributed by atoms with Crippen molar-refractivity contribution in [2.75, 3.05) is 18.8 Å². The molecule has 0 spiro atoms. The molecule has 1 saturated heterocycles. The maximum absolute atomic E-state index is 12.2. The van der Waals surface area contributed by atoms with Crippen LogP contribution in [0.25, 0.3) is 39.5 Å². The number of ether oxygens (including phenoxy) is 1. The van der Waals surface area contributed by atoms with Gasteiger partial charge in [-0.1, -0.05) is 42.5 Å². The van der Waals surface area contributed by atoms with Crippen LogP contribution in [0.2, 0.25) is 0 Å². The molecular weight excluding hydrogens is 538 g/mol. The maximum atomic E-state index is 12.2. The van der Waals surface area contributed by atoms with Gasteiger partial charge in [-0.25, -0.2) is 19.7 Å². The van der Waals surface area contributed by atoms with Crippen molar-refractivity contribution in [1.82, 2.24) is 29.7 Å². The van der Waals surface area contributed by atoms with E-state index in [9.17, 15) is 4.79 Å². The molecule has 220 valence electrons. The Labute approximate surface area is 251 Å². The number of nitrogens with one attached hydrogen (secondary N) is 1. The predicted molar refractivity (Wildman–Crippen MR) is 170 cm³/mol. The van der Waals surface area contributed by atoms with Gasteiger partial charge in [-0.2, -0.15) is 0 Å². The number of nitrogens with two attached hydrogens (primary N) is 1. The third-order valence-electron chi connectivity index (χ3n) is 7.56. The summed E-state index contributed by atoms with van der Waals surface area (Å²) in [6, 6.07) is 26.6. The summed E-state index contributed by atoms with van der Waals surface area (Å²) in [5.74, 6) is 1.12. The standard InChI is InChI=1S/C34H37N7O2/c1-34(2,3)43-33(42)37-25-17-20-40(21-18-25)22-23-11-13-26(14-12-23)41-31(27-10-7-19-36-30(27)35)39-29-16-15-28(38-32(29)41)24-8-5-4-6-9-24/h4-16,19,25H,17-18,20-22H2,1-3H3,(H2,35,36)(H,37,42). The molecule has 1 fully saturated rings. The van der Waals surface area contributed by atoms with Gasteiger partial charge < -0.3 is 15.8 Å². The highest BCUT2D eigenvalue weighted by Crippen LogP contribution is 2.32. The fourth-order valence-electron chi connectivity index (χ4n) is 5.48. The van der Waals surface area contributed by atoms with Crippen molar-refractivity contribution < 1.29 is 9.53 Å². The lowest BCUT2D eigenvalue weighted by Crippen LogP contribution is -2.45. The molecule has 0 saturated carbocycles. The number of carbonyl (C=O) groups excluding carboxylic acids is 1. The zero-order valence-electron chi connectivity index (χ0n) is 24.8. The summed E-state index contributed by atoms with van der Waals surface area (Å²) in [5, 5.41) is 3.02. The first-order chi connectivity index (χ1) is 20.7. The van der Waals surface area contributed by atoms with Gasteiger partial charge in [-0.05, 0) is 75.6 Å². The number of anilines is 1. The van der Waals surface area contributed by atoms with E-state index < -0.39 is 5.60 Å². The summed E-state index contributed by atoms with van der Waals surface area (Å²) < 4.78 is 7.48. The van der Waals surface area contributed by atoms with E-state index in [2.05, 4.69) is 56.2 Å². The van der Waals surface area contributed by atoms with E-state index in [0.29, 0.717) is 11.6 Å². The van der Waals surface area contributed by atoms with Gasteiger partial charge in [0.15, 0.2) is 11.5 Å². The van der Waals surface area contributed by atoms with Gasteiger partial charge in [-0.15, -0.1) is 0 Å². The van der Waals surface area contributed by atoms with Crippen molar-refractivity contribution in [3.05, 3.63) is 90.6 Å². The van der Waals surface area contributed by atoms with Gasteiger partial charge in [0, 0.05) is 43.1 Å². The van der Waals surface area contributed by atoms with Gasteiger partial charge in [0.1, 0.15) is 16.9 Å². The summed E-state index contributed by atoms with van der Waals surface area (Å²) >= 11 is 0. The number of piperidine rings is 1. The van der Waals surface area contributed by atoms with Crippen LogP contribution < -0.4 is 11.1 Å². The highest BCUT2D eigenvalue weighted by atomic mass is 16.6. The van der Waals surface area contributed by atoms with Crippen LogP contribution in [-0.2, 0) is 11.3 Å². The fraction of sp³-hybridized carbons (Fsp3) is 0.294. The number of nitrogen functional groups attached to an aromatic ring is 1. The molecule has 0 bridgehead atoms. The van der Waals surface area contributed by atoms with Crippen molar-refractivity contribution >= 4 is 23.1 Å². The summed E-state index contributed by atoms with van der Waals surface area (Å²) in [5.41, 5.74) is 12.2. The Kier molecular flexibility index (Phi) is 7.82. The Morgan fingerprint density at radius 1 is 0.953 bits per heavy atom. The number of hydrogen-bond acceptors (Lipinski definition) is 7. The Bertz CT molecular complexity index is 1720. The zero-order valence-corrected chi connectivity index (χ0v) is 24.8. The predicted octanol–water partition coefficient (Wildman–Crippen LogP) is 6.22. The molecule has 6 rings (SSSR count). The van der Waals surface area contributed by atoms with Crippen LogP contribution >= 0.6 is 0 Å². The molecule has 2 aromatic carbocycles. The van der Waals surface area contributed by atoms with Crippen molar-refractivity contribution in [2.24, 2.45) is 0 Å². The number of imidazole rings is 1. The average Bonchev–Trinajstić information content (AvgIpc) is 3.37. The molecule has 0 atom stereocenters. The minimum Gasteiger partial charge on any atom is -0.444 e. The average molecular weight is 576 g/mol. The van der Waals surface area contributed by atoms with E-state index in [4.69, 9.17) is 20.4 Å². The number of benzene rings is 2. The third-order valence-corrected chi connectivity index (χ3v) is 7.56. The SMILES string of the molecule is CC(C)(C)OC(=O)NC1CCN(Cc2ccc(-n3c(-c4cccnc4N)nc4ccc(-c5ccccc5)nc43)cc2)CC1. The zero-order chi connectivity index (χ0) is 30.0. The molecule has 3 N–H and O–H groups in total. The van der Waals surface area contributed by atoms with Gasteiger partial charge in [0.05, 0.1) is 11.3 Å². The number of likely N-dealkylation sites (tertiary alicyclic amines) is 1. The van der Waals surface area contributed by atoms with Gasteiger partial charge >= 0.3 is 6.09 Å². The number of amides is 1. The van der Waals surface area contributed by atoms with Gasteiger partial charge in [0.2, 0.25) is 0 Å². The van der Waals surface area contributed by atoms with Crippen LogP contribution in [0.1, 0.15) is 39.2 Å². The smallest absolute Gasteiger partial charge is 0.407 e. The first-order valence-corrected chi connectivity index (χ1v) is 14.7. The Morgan fingerprint density at radius 3 is 2.40 bits per heavy atom. The fourth-order valence-corrected chi connectivity index (χ4v) is 5.48. The number of aromatic nitrogens is 4. The van der Waals surface area contributed by atoms with Gasteiger partial charge in [0.25, 0.3) is 0 Å². The second-order valence-corrected chi connectivity index (χ2v) is 12.0.